The van der Waals surface area contributed by atoms with Gasteiger partial charge in [-0.2, -0.15) is 0 Å². The first-order valence-corrected chi connectivity index (χ1v) is 9.31. The van der Waals surface area contributed by atoms with Crippen LogP contribution in [0.25, 0.3) is 0 Å². The lowest BCUT2D eigenvalue weighted by Gasteiger charge is -2.32. The van der Waals surface area contributed by atoms with Crippen molar-refractivity contribution in [1.29, 1.82) is 0 Å². The number of hydrogen-bond acceptors (Lipinski definition) is 3. The summed E-state index contributed by atoms with van der Waals surface area (Å²) in [7, 11) is 2.27. The second-order valence-electron chi connectivity index (χ2n) is 7.75. The van der Waals surface area contributed by atoms with Crippen molar-refractivity contribution in [2.75, 3.05) is 26.7 Å². The van der Waals surface area contributed by atoms with Crippen LogP contribution in [-0.2, 0) is 4.79 Å². The van der Waals surface area contributed by atoms with Crippen LogP contribution in [0.1, 0.15) is 29.9 Å². The third kappa shape index (κ3) is 5.41. The molecule has 2 aliphatic heterocycles. The molecule has 2 aromatic carbocycles. The van der Waals surface area contributed by atoms with Crippen molar-refractivity contribution in [2.24, 2.45) is 5.92 Å². The average Bonchev–Trinajstić information content (AvgIpc) is 2.84. The molecule has 0 amide bonds. The van der Waals surface area contributed by atoms with Gasteiger partial charge in [-0.05, 0) is 24.0 Å². The van der Waals surface area contributed by atoms with E-state index in [1.165, 1.54) is 25.9 Å². The van der Waals surface area contributed by atoms with Gasteiger partial charge in [-0.3, -0.25) is 0 Å². The van der Waals surface area contributed by atoms with Crippen LogP contribution < -0.4 is 5.11 Å². The van der Waals surface area contributed by atoms with Gasteiger partial charge in [0.05, 0.1) is 26.1 Å². The molecular weight excluding hydrogens is 406 g/mol. The van der Waals surface area contributed by atoms with Crippen molar-refractivity contribution >= 4 is 23.0 Å². The highest BCUT2D eigenvalue weighted by atomic mass is 79.9. The Morgan fingerprint density at radius 3 is 1.96 bits per heavy atom. The summed E-state index contributed by atoms with van der Waals surface area (Å²) in [6, 6.07) is 18.2. The number of nitrogens with zero attached hydrogens (tertiary/aromatic N) is 1. The molecule has 0 saturated carbocycles. The van der Waals surface area contributed by atoms with Gasteiger partial charge in [0.15, 0.2) is 0 Å². The van der Waals surface area contributed by atoms with Gasteiger partial charge in [-0.1, -0.05) is 60.7 Å². The smallest absolute Gasteiger partial charge is 0.111 e. The first kappa shape index (κ1) is 21.6. The summed E-state index contributed by atoms with van der Waals surface area (Å²) in [6.07, 6.45) is 2.58. The number of halogens is 1. The number of rotatable bonds is 3. The van der Waals surface area contributed by atoms with Crippen molar-refractivity contribution < 1.29 is 19.5 Å². The van der Waals surface area contributed by atoms with Gasteiger partial charge in [-0.25, -0.2) is 0 Å². The van der Waals surface area contributed by atoms with Crippen LogP contribution in [0.4, 0.5) is 0 Å². The molecule has 2 fully saturated rings. The highest BCUT2D eigenvalue weighted by Crippen LogP contribution is 2.31. The lowest BCUT2D eigenvalue weighted by atomic mass is 9.92. The van der Waals surface area contributed by atoms with Crippen molar-refractivity contribution in [3.8, 4) is 0 Å². The van der Waals surface area contributed by atoms with Crippen LogP contribution in [-0.4, -0.2) is 48.3 Å². The van der Waals surface area contributed by atoms with E-state index in [2.05, 4.69) is 7.05 Å². The van der Waals surface area contributed by atoms with E-state index in [4.69, 9.17) is 0 Å². The molecule has 27 heavy (non-hydrogen) atoms. The predicted octanol–water partition coefficient (Wildman–Crippen LogP) is 2.36. The fourth-order valence-corrected chi connectivity index (χ4v) is 4.32. The lowest BCUT2D eigenvalue weighted by molar-refractivity contribution is -0.903. The molecule has 146 valence electrons. The summed E-state index contributed by atoms with van der Waals surface area (Å²) >= 11 is 0. The second kappa shape index (κ2) is 9.49. The first-order valence-electron chi connectivity index (χ1n) is 9.31. The molecule has 3 atom stereocenters. The van der Waals surface area contributed by atoms with E-state index in [1.807, 2.05) is 36.4 Å². The van der Waals surface area contributed by atoms with E-state index >= 15 is 0 Å². The first-order chi connectivity index (χ1) is 12.5. The zero-order valence-electron chi connectivity index (χ0n) is 15.7. The molecule has 4 rings (SSSR count). The summed E-state index contributed by atoms with van der Waals surface area (Å²) in [6.45, 7) is 3.51. The summed E-state index contributed by atoms with van der Waals surface area (Å²) in [4.78, 5) is 11.2. The maximum Gasteiger partial charge on any atom is 0.111 e. The molecule has 2 aromatic rings. The fraction of sp³-hybridized carbons (Fsp3) is 0.409. The summed E-state index contributed by atoms with van der Waals surface area (Å²) in [5.74, 6) is -1.14. The van der Waals surface area contributed by atoms with E-state index in [1.54, 1.807) is 24.3 Å². The zero-order valence-corrected chi connectivity index (χ0v) is 17.4. The topological polar surface area (TPSA) is 60.4 Å². The Bertz CT molecular complexity index is 681. The molecule has 1 N–H and O–H groups in total. The van der Waals surface area contributed by atoms with Gasteiger partial charge < -0.3 is 19.5 Å². The van der Waals surface area contributed by atoms with Gasteiger partial charge in [-0.15, -0.1) is 17.0 Å². The number of carbonyl (C=O) groups is 1. The Balaban J connectivity index is 0.000000205. The normalized spacial score (nSPS) is 25.9. The number of piperidine rings is 1. The summed E-state index contributed by atoms with van der Waals surface area (Å²) < 4.78 is 1.13. The Morgan fingerprint density at radius 1 is 1.04 bits per heavy atom. The van der Waals surface area contributed by atoms with Gasteiger partial charge in [0, 0.05) is 11.8 Å². The molecule has 5 heteroatoms. The lowest BCUT2D eigenvalue weighted by Crippen LogP contribution is -2.44. The maximum absolute atomic E-state index is 11.2. The van der Waals surface area contributed by atoms with Crippen LogP contribution in [0.2, 0.25) is 0 Å². The molecule has 0 radical (unpaired) electrons. The molecule has 4 nitrogen and oxygen atoms in total. The standard InChI is InChI=1S/C14H12O2.C8H16NO.BrH/c15-14(16)13(11-7-3-1-4-8-11)12-9-5-2-6-10-12;1-9-4-2-3-7(5-9)8(10)6-9;/h1-10,13H,(H,15,16);7-8,10H,2-6H2,1H3;1H/q;+1;/p-1. The van der Waals surface area contributed by atoms with E-state index < -0.39 is 11.9 Å². The number of likely N-dealkylation sites (N-methyl/N-ethyl adjacent to an activating group) is 1. The highest BCUT2D eigenvalue weighted by molar-refractivity contribution is 8.93. The quantitative estimate of drug-likeness (QED) is 0.755. The minimum absolute atomic E-state index is 0. The molecule has 0 aromatic heterocycles. The number of carboxylic acid groups (broad SMARTS) is 1. The minimum atomic E-state index is -1.07. The zero-order chi connectivity index (χ0) is 18.6. The second-order valence-corrected chi connectivity index (χ2v) is 7.75. The largest absolute Gasteiger partial charge is 0.549 e. The fourth-order valence-electron chi connectivity index (χ4n) is 4.32. The molecule has 3 unspecified atom stereocenters. The molecule has 2 bridgehead atoms. The van der Waals surface area contributed by atoms with Crippen molar-refractivity contribution in [3.63, 3.8) is 0 Å². The number of aliphatic hydroxyl groups is 1. The van der Waals surface area contributed by atoms with Gasteiger partial charge in [0.2, 0.25) is 0 Å². The molecule has 2 saturated heterocycles. The molecule has 0 aliphatic carbocycles. The minimum Gasteiger partial charge on any atom is -0.549 e. The Morgan fingerprint density at radius 2 is 1.56 bits per heavy atom. The predicted molar refractivity (Wildman–Crippen MR) is 110 cm³/mol. The third-order valence-electron chi connectivity index (χ3n) is 5.62. The number of benzene rings is 2. The Labute approximate surface area is 171 Å². The molecular formula is C22H28BrNO3. The summed E-state index contributed by atoms with van der Waals surface area (Å²) in [5, 5.41) is 20.7. The van der Waals surface area contributed by atoms with Gasteiger partial charge in [0.25, 0.3) is 0 Å². The number of carbonyl (C=O) groups excluding carboxylic acids is 1. The number of aliphatic carboxylic acids is 1. The average molecular weight is 434 g/mol. The van der Waals surface area contributed by atoms with Crippen molar-refractivity contribution in [1.82, 2.24) is 0 Å². The van der Waals surface area contributed by atoms with Gasteiger partial charge in [0.1, 0.15) is 12.6 Å². The van der Waals surface area contributed by atoms with Crippen LogP contribution in [0.5, 0.6) is 0 Å². The van der Waals surface area contributed by atoms with Crippen LogP contribution >= 0.6 is 17.0 Å². The number of aliphatic hydroxyl groups excluding tert-OH is 1. The van der Waals surface area contributed by atoms with Gasteiger partial charge >= 0.3 is 0 Å². The maximum atomic E-state index is 11.2. The Kier molecular flexibility index (Phi) is 7.59. The van der Waals surface area contributed by atoms with E-state index in [0.29, 0.717) is 5.92 Å². The molecule has 2 heterocycles. The monoisotopic (exact) mass is 433 g/mol. The van der Waals surface area contributed by atoms with Crippen molar-refractivity contribution in [3.05, 3.63) is 71.8 Å². The molecule has 0 spiro atoms. The van der Waals surface area contributed by atoms with Crippen molar-refractivity contribution in [2.45, 2.75) is 24.9 Å². The van der Waals surface area contributed by atoms with E-state index in [-0.39, 0.29) is 23.1 Å². The number of fused-ring (bicyclic) bond motifs is 2. The van der Waals surface area contributed by atoms with Crippen LogP contribution in [0.15, 0.2) is 60.7 Å². The van der Waals surface area contributed by atoms with Crippen LogP contribution in [0.3, 0.4) is 0 Å². The van der Waals surface area contributed by atoms with E-state index in [0.717, 1.165) is 22.2 Å². The van der Waals surface area contributed by atoms with Crippen LogP contribution in [0, 0.1) is 5.92 Å². The highest BCUT2D eigenvalue weighted by Gasteiger charge is 2.44. The van der Waals surface area contributed by atoms with E-state index in [9.17, 15) is 15.0 Å². The number of hydrogen-bond donors (Lipinski definition) is 1. The number of carboxylic acids is 1. The number of quaternary nitrogens is 1. The molecule has 2 aliphatic rings. The Hall–Kier alpha value is -1.69. The third-order valence-corrected chi connectivity index (χ3v) is 5.62. The summed E-state index contributed by atoms with van der Waals surface area (Å²) in [5.41, 5.74) is 1.49. The SMILES string of the molecule is Br.C[N+]12CCCC(C1)C(O)C2.O=C([O-])C(c1ccccc1)c1ccccc1.